The van der Waals surface area contributed by atoms with Crippen molar-refractivity contribution >= 4 is 11.9 Å². The first kappa shape index (κ1) is 15.4. The average molecular weight is 264 g/mol. The Hall–Kier alpha value is -1.65. The maximum absolute atomic E-state index is 12.0. The molecule has 0 saturated carbocycles. The number of rotatable bonds is 7. The van der Waals surface area contributed by atoms with Crippen LogP contribution in [-0.2, 0) is 0 Å². The molecule has 1 rings (SSSR count). The minimum atomic E-state index is -0.141. The first-order chi connectivity index (χ1) is 9.02. The molecule has 0 unspecified atom stereocenters. The van der Waals surface area contributed by atoms with Crippen LogP contribution in [0.4, 0.5) is 5.95 Å². The van der Waals surface area contributed by atoms with Gasteiger partial charge in [0.05, 0.1) is 0 Å². The number of nitrogens with one attached hydrogen (secondary N) is 2. The molecule has 0 fully saturated rings. The van der Waals surface area contributed by atoms with E-state index in [0.717, 1.165) is 25.1 Å². The summed E-state index contributed by atoms with van der Waals surface area (Å²) in [5.41, 5.74) is 1.22. The molecule has 0 spiro atoms. The van der Waals surface area contributed by atoms with Crippen LogP contribution < -0.4 is 10.6 Å². The summed E-state index contributed by atoms with van der Waals surface area (Å²) >= 11 is 0. The Labute approximate surface area is 115 Å². The molecule has 5 nitrogen and oxygen atoms in total. The zero-order valence-corrected chi connectivity index (χ0v) is 12.3. The van der Waals surface area contributed by atoms with Crippen LogP contribution in [0.5, 0.6) is 0 Å². The Morgan fingerprint density at radius 1 is 1.37 bits per heavy atom. The van der Waals surface area contributed by atoms with Crippen molar-refractivity contribution in [1.82, 2.24) is 15.3 Å². The number of aryl methyl sites for hydroxylation is 1. The maximum atomic E-state index is 12.0. The van der Waals surface area contributed by atoms with Gasteiger partial charge in [0.2, 0.25) is 5.95 Å². The predicted octanol–water partition coefficient (Wildman–Crippen LogP) is 2.38. The molecule has 0 aliphatic rings. The van der Waals surface area contributed by atoms with Crippen LogP contribution in [0.15, 0.2) is 6.07 Å². The van der Waals surface area contributed by atoms with E-state index in [1.165, 1.54) is 0 Å². The Morgan fingerprint density at radius 2 is 2.11 bits per heavy atom. The number of unbranched alkanes of at least 4 members (excludes halogenated alkanes) is 1. The van der Waals surface area contributed by atoms with Crippen molar-refractivity contribution in [1.29, 1.82) is 0 Å². The Kier molecular flexibility index (Phi) is 6.25. The average Bonchev–Trinajstić information content (AvgIpc) is 2.35. The van der Waals surface area contributed by atoms with Gasteiger partial charge in [-0.2, -0.15) is 0 Å². The lowest BCUT2D eigenvalue weighted by Crippen LogP contribution is -2.28. The number of hydrogen-bond donors (Lipinski definition) is 2. The summed E-state index contributed by atoms with van der Waals surface area (Å²) in [6.07, 6.45) is 2.17. The highest BCUT2D eigenvalue weighted by Gasteiger charge is 2.10. The van der Waals surface area contributed by atoms with E-state index in [2.05, 4.69) is 41.4 Å². The van der Waals surface area contributed by atoms with Crippen LogP contribution in [0.2, 0.25) is 0 Å². The van der Waals surface area contributed by atoms with E-state index in [-0.39, 0.29) is 5.91 Å². The number of carbonyl (C=O) groups is 1. The molecule has 1 amide bonds. The van der Waals surface area contributed by atoms with Crippen molar-refractivity contribution in [3.8, 4) is 0 Å². The Morgan fingerprint density at radius 3 is 2.74 bits per heavy atom. The molecule has 5 heteroatoms. The molecule has 1 aromatic rings. The summed E-state index contributed by atoms with van der Waals surface area (Å²) in [5, 5.41) is 6.01. The van der Waals surface area contributed by atoms with Crippen LogP contribution in [0, 0.1) is 12.8 Å². The first-order valence-electron chi connectivity index (χ1n) is 6.90. The summed E-state index contributed by atoms with van der Waals surface area (Å²) < 4.78 is 0. The minimum absolute atomic E-state index is 0.141. The molecular formula is C14H24N4O. The number of amides is 1. The zero-order valence-electron chi connectivity index (χ0n) is 12.3. The monoisotopic (exact) mass is 264 g/mol. The number of anilines is 1. The van der Waals surface area contributed by atoms with E-state index in [4.69, 9.17) is 0 Å². The molecule has 0 bridgehead atoms. The molecule has 0 aromatic carbocycles. The SMILES string of the molecule is CCCCNc1nc(C)cc(C(=O)NCC(C)C)n1. The van der Waals surface area contributed by atoms with E-state index in [1.54, 1.807) is 6.07 Å². The van der Waals surface area contributed by atoms with Gasteiger partial charge >= 0.3 is 0 Å². The number of aromatic nitrogens is 2. The third kappa shape index (κ3) is 5.68. The van der Waals surface area contributed by atoms with Crippen molar-refractivity contribution < 1.29 is 4.79 Å². The molecule has 1 heterocycles. The summed E-state index contributed by atoms with van der Waals surface area (Å²) in [7, 11) is 0. The van der Waals surface area contributed by atoms with E-state index < -0.39 is 0 Å². The summed E-state index contributed by atoms with van der Waals surface area (Å²) in [4.78, 5) is 20.5. The van der Waals surface area contributed by atoms with Crippen LogP contribution in [0.25, 0.3) is 0 Å². The van der Waals surface area contributed by atoms with Crippen LogP contribution in [-0.4, -0.2) is 29.0 Å². The molecule has 0 aliphatic carbocycles. The smallest absolute Gasteiger partial charge is 0.270 e. The normalized spacial score (nSPS) is 10.6. The summed E-state index contributed by atoms with van der Waals surface area (Å²) in [6, 6.07) is 1.71. The lowest BCUT2D eigenvalue weighted by molar-refractivity contribution is 0.0944. The number of hydrogen-bond acceptors (Lipinski definition) is 4. The van der Waals surface area contributed by atoms with Crippen molar-refractivity contribution in [2.45, 2.75) is 40.5 Å². The van der Waals surface area contributed by atoms with Gasteiger partial charge in [0.25, 0.3) is 5.91 Å². The minimum Gasteiger partial charge on any atom is -0.354 e. The van der Waals surface area contributed by atoms with Gasteiger partial charge in [-0.05, 0) is 25.3 Å². The fraction of sp³-hybridized carbons (Fsp3) is 0.643. The van der Waals surface area contributed by atoms with Crippen molar-refractivity contribution in [3.63, 3.8) is 0 Å². The standard InChI is InChI=1S/C14H24N4O/c1-5-6-7-15-14-17-11(4)8-12(18-14)13(19)16-9-10(2)3/h8,10H,5-7,9H2,1-4H3,(H,16,19)(H,15,17,18). The van der Waals surface area contributed by atoms with Crippen molar-refractivity contribution in [3.05, 3.63) is 17.5 Å². The molecule has 1 aromatic heterocycles. The second-order valence-corrected chi connectivity index (χ2v) is 5.10. The highest BCUT2D eigenvalue weighted by molar-refractivity contribution is 5.92. The van der Waals surface area contributed by atoms with Gasteiger partial charge in [0.15, 0.2) is 0 Å². The second-order valence-electron chi connectivity index (χ2n) is 5.10. The Balaban J connectivity index is 2.69. The molecule has 19 heavy (non-hydrogen) atoms. The topological polar surface area (TPSA) is 66.9 Å². The van der Waals surface area contributed by atoms with Crippen LogP contribution in [0.1, 0.15) is 49.8 Å². The molecule has 0 atom stereocenters. The van der Waals surface area contributed by atoms with Crippen LogP contribution >= 0.6 is 0 Å². The molecule has 0 radical (unpaired) electrons. The second kappa shape index (κ2) is 7.71. The fourth-order valence-electron chi connectivity index (χ4n) is 1.53. The molecule has 106 valence electrons. The maximum Gasteiger partial charge on any atom is 0.270 e. The van der Waals surface area contributed by atoms with E-state index in [9.17, 15) is 4.79 Å². The molecule has 0 aliphatic heterocycles. The third-order valence-corrected chi connectivity index (χ3v) is 2.57. The van der Waals surface area contributed by atoms with Gasteiger partial charge in [-0.1, -0.05) is 27.2 Å². The van der Waals surface area contributed by atoms with Gasteiger partial charge in [-0.3, -0.25) is 4.79 Å². The fourth-order valence-corrected chi connectivity index (χ4v) is 1.53. The number of carbonyl (C=O) groups excluding carboxylic acids is 1. The van der Waals surface area contributed by atoms with Gasteiger partial charge in [-0.25, -0.2) is 9.97 Å². The molecular weight excluding hydrogens is 240 g/mol. The summed E-state index contributed by atoms with van der Waals surface area (Å²) in [5.74, 6) is 0.815. The van der Waals surface area contributed by atoms with E-state index >= 15 is 0 Å². The molecule has 2 N–H and O–H groups in total. The zero-order chi connectivity index (χ0) is 14.3. The van der Waals surface area contributed by atoms with Gasteiger partial charge in [0.1, 0.15) is 5.69 Å². The highest BCUT2D eigenvalue weighted by Crippen LogP contribution is 2.05. The first-order valence-corrected chi connectivity index (χ1v) is 6.90. The van der Waals surface area contributed by atoms with Gasteiger partial charge in [0, 0.05) is 18.8 Å². The third-order valence-electron chi connectivity index (χ3n) is 2.57. The van der Waals surface area contributed by atoms with Gasteiger partial charge in [-0.15, -0.1) is 0 Å². The molecule has 0 saturated heterocycles. The van der Waals surface area contributed by atoms with E-state index in [1.807, 2.05) is 6.92 Å². The lowest BCUT2D eigenvalue weighted by atomic mass is 10.2. The predicted molar refractivity (Wildman–Crippen MR) is 77.3 cm³/mol. The van der Waals surface area contributed by atoms with Gasteiger partial charge < -0.3 is 10.6 Å². The lowest BCUT2D eigenvalue weighted by Gasteiger charge is -2.09. The van der Waals surface area contributed by atoms with Crippen molar-refractivity contribution in [2.24, 2.45) is 5.92 Å². The number of nitrogens with zero attached hydrogens (tertiary/aromatic N) is 2. The summed E-state index contributed by atoms with van der Waals surface area (Å²) in [6.45, 7) is 9.59. The highest BCUT2D eigenvalue weighted by atomic mass is 16.1. The van der Waals surface area contributed by atoms with Crippen LogP contribution in [0.3, 0.4) is 0 Å². The van der Waals surface area contributed by atoms with Crippen molar-refractivity contribution in [2.75, 3.05) is 18.4 Å². The largest absolute Gasteiger partial charge is 0.354 e. The Bertz CT molecular complexity index is 418. The van der Waals surface area contributed by atoms with E-state index in [0.29, 0.717) is 24.1 Å². The quantitative estimate of drug-likeness (QED) is 0.742.